The van der Waals surface area contributed by atoms with Crippen molar-refractivity contribution in [3.8, 4) is 17.2 Å². The first-order valence-corrected chi connectivity index (χ1v) is 7.54. The molecular formula is C17H10F6N2O3. The van der Waals surface area contributed by atoms with Crippen molar-refractivity contribution in [2.75, 3.05) is 6.61 Å². The number of halogens is 6. The summed E-state index contributed by atoms with van der Waals surface area (Å²) in [6, 6.07) is 4.02. The number of carbonyl (C=O) groups is 1. The van der Waals surface area contributed by atoms with Crippen LogP contribution in [0, 0.1) is 11.3 Å². The number of nitrogens with one attached hydrogen (secondary N) is 1. The molecule has 5 nitrogen and oxygen atoms in total. The van der Waals surface area contributed by atoms with Crippen molar-refractivity contribution in [1.29, 1.82) is 5.26 Å². The molecule has 0 fully saturated rings. The number of pyridine rings is 1. The van der Waals surface area contributed by atoms with Crippen LogP contribution < -0.4 is 5.56 Å². The Kier molecular flexibility index (Phi) is 5.54. The average Bonchev–Trinajstić information content (AvgIpc) is 2.59. The zero-order valence-corrected chi connectivity index (χ0v) is 14.0. The van der Waals surface area contributed by atoms with Crippen LogP contribution in [0.5, 0.6) is 0 Å². The van der Waals surface area contributed by atoms with E-state index in [0.717, 1.165) is 12.1 Å². The first-order valence-electron chi connectivity index (χ1n) is 7.54. The molecule has 0 saturated carbocycles. The number of nitriles is 1. The second kappa shape index (κ2) is 7.38. The molecule has 0 aliphatic rings. The smallest absolute Gasteiger partial charge is 0.432 e. The normalized spacial score (nSPS) is 11.8. The molecule has 0 saturated heterocycles. The standard InChI is InChI=1S/C17H10F6N2O3/c1-2-28-15(27)12-11(8-3-5-9(6-4-8)16(18,19)20)10(7-24)14(26)25-13(12)17(21,22)23/h3-6H,2H2,1H3,(H,25,26). The van der Waals surface area contributed by atoms with E-state index in [1.807, 2.05) is 0 Å². The first kappa shape index (κ1) is 21.0. The summed E-state index contributed by atoms with van der Waals surface area (Å²) >= 11 is 0. The van der Waals surface area contributed by atoms with Crippen LogP contribution in [0.25, 0.3) is 11.1 Å². The molecule has 2 rings (SSSR count). The van der Waals surface area contributed by atoms with Crippen LogP contribution in [-0.2, 0) is 17.1 Å². The van der Waals surface area contributed by atoms with Crippen molar-refractivity contribution in [3.05, 3.63) is 57.0 Å². The van der Waals surface area contributed by atoms with Crippen molar-refractivity contribution in [1.82, 2.24) is 4.98 Å². The Bertz CT molecular complexity index is 998. The molecule has 1 aromatic heterocycles. The molecule has 1 aromatic carbocycles. The fourth-order valence-electron chi connectivity index (χ4n) is 2.44. The number of benzene rings is 1. The highest BCUT2D eigenvalue weighted by molar-refractivity contribution is 6.00. The van der Waals surface area contributed by atoms with Crippen LogP contribution in [0.1, 0.15) is 34.1 Å². The summed E-state index contributed by atoms with van der Waals surface area (Å²) in [5.41, 5.74) is -7.45. The minimum absolute atomic E-state index is 0.316. The molecular weight excluding hydrogens is 394 g/mol. The molecule has 0 spiro atoms. The summed E-state index contributed by atoms with van der Waals surface area (Å²) in [4.78, 5) is 25.6. The lowest BCUT2D eigenvalue weighted by Crippen LogP contribution is -2.26. The van der Waals surface area contributed by atoms with E-state index >= 15 is 0 Å². The number of aromatic amines is 1. The molecule has 11 heteroatoms. The fraction of sp³-hybridized carbons (Fsp3) is 0.235. The number of esters is 1. The third-order valence-electron chi connectivity index (χ3n) is 3.59. The predicted octanol–water partition coefficient (Wildman–Crippen LogP) is 4.13. The molecule has 2 aromatic rings. The number of carbonyl (C=O) groups excluding carboxylic acids is 1. The van der Waals surface area contributed by atoms with Gasteiger partial charge >= 0.3 is 18.3 Å². The minimum Gasteiger partial charge on any atom is -0.462 e. The van der Waals surface area contributed by atoms with Gasteiger partial charge in [-0.15, -0.1) is 0 Å². The van der Waals surface area contributed by atoms with Crippen LogP contribution in [0.4, 0.5) is 26.3 Å². The summed E-state index contributed by atoms with van der Waals surface area (Å²) in [5.74, 6) is -1.49. The number of aromatic nitrogens is 1. The molecule has 1 N–H and O–H groups in total. The number of alkyl halides is 6. The zero-order valence-electron chi connectivity index (χ0n) is 14.0. The third-order valence-corrected chi connectivity index (χ3v) is 3.59. The van der Waals surface area contributed by atoms with E-state index < -0.39 is 51.8 Å². The maximum absolute atomic E-state index is 13.4. The number of nitrogens with zero attached hydrogens (tertiary/aromatic N) is 1. The summed E-state index contributed by atoms with van der Waals surface area (Å²) in [7, 11) is 0. The van der Waals surface area contributed by atoms with Gasteiger partial charge in [-0.2, -0.15) is 31.6 Å². The van der Waals surface area contributed by atoms with Gasteiger partial charge in [0.05, 0.1) is 17.7 Å². The highest BCUT2D eigenvalue weighted by Crippen LogP contribution is 2.37. The number of hydrogen-bond donors (Lipinski definition) is 1. The minimum atomic E-state index is -5.20. The SMILES string of the molecule is CCOC(=O)c1c(C(F)(F)F)[nH]c(=O)c(C#N)c1-c1ccc(C(F)(F)F)cc1. The molecule has 0 bridgehead atoms. The Labute approximate surface area is 153 Å². The highest BCUT2D eigenvalue weighted by Gasteiger charge is 2.40. The van der Waals surface area contributed by atoms with Gasteiger partial charge in [-0.05, 0) is 24.6 Å². The van der Waals surface area contributed by atoms with Gasteiger partial charge in [-0.1, -0.05) is 12.1 Å². The van der Waals surface area contributed by atoms with Crippen LogP contribution in [-0.4, -0.2) is 17.6 Å². The topological polar surface area (TPSA) is 83.0 Å². The summed E-state index contributed by atoms with van der Waals surface area (Å²) in [6.07, 6.45) is -9.91. The van der Waals surface area contributed by atoms with Crippen LogP contribution in [0.3, 0.4) is 0 Å². The van der Waals surface area contributed by atoms with E-state index in [-0.39, 0.29) is 12.2 Å². The van der Waals surface area contributed by atoms with E-state index in [2.05, 4.69) is 4.74 Å². The first-order chi connectivity index (χ1) is 12.9. The van der Waals surface area contributed by atoms with E-state index in [9.17, 15) is 41.2 Å². The van der Waals surface area contributed by atoms with Crippen molar-refractivity contribution in [2.24, 2.45) is 0 Å². The number of ether oxygens (including phenoxy) is 1. The Morgan fingerprint density at radius 1 is 1.11 bits per heavy atom. The monoisotopic (exact) mass is 404 g/mol. The van der Waals surface area contributed by atoms with Gasteiger partial charge in [0.25, 0.3) is 5.56 Å². The Morgan fingerprint density at radius 2 is 1.68 bits per heavy atom. The van der Waals surface area contributed by atoms with Gasteiger partial charge in [-0.25, -0.2) is 4.79 Å². The highest BCUT2D eigenvalue weighted by atomic mass is 19.4. The van der Waals surface area contributed by atoms with Gasteiger partial charge in [-0.3, -0.25) is 4.79 Å². The molecule has 0 amide bonds. The third kappa shape index (κ3) is 4.00. The second-order valence-corrected chi connectivity index (χ2v) is 5.36. The Balaban J connectivity index is 2.91. The molecule has 0 radical (unpaired) electrons. The Hall–Kier alpha value is -3.29. The van der Waals surface area contributed by atoms with Gasteiger partial charge in [0, 0.05) is 5.56 Å². The van der Waals surface area contributed by atoms with Crippen molar-refractivity contribution in [3.63, 3.8) is 0 Å². The van der Waals surface area contributed by atoms with Crippen LogP contribution in [0.15, 0.2) is 29.1 Å². The van der Waals surface area contributed by atoms with Crippen molar-refractivity contribution >= 4 is 5.97 Å². The van der Waals surface area contributed by atoms with Crippen LogP contribution >= 0.6 is 0 Å². The number of H-pyrrole nitrogens is 1. The zero-order chi connectivity index (χ0) is 21.3. The van der Waals surface area contributed by atoms with E-state index in [0.29, 0.717) is 12.1 Å². The molecule has 148 valence electrons. The maximum Gasteiger partial charge on any atom is 0.432 e. The molecule has 0 atom stereocenters. The molecule has 0 unspecified atom stereocenters. The quantitative estimate of drug-likeness (QED) is 0.616. The summed E-state index contributed by atoms with van der Waals surface area (Å²) < 4.78 is 82.9. The average molecular weight is 404 g/mol. The second-order valence-electron chi connectivity index (χ2n) is 5.36. The lowest BCUT2D eigenvalue weighted by molar-refractivity contribution is -0.142. The number of rotatable bonds is 3. The largest absolute Gasteiger partial charge is 0.462 e. The van der Waals surface area contributed by atoms with E-state index in [1.165, 1.54) is 18.0 Å². The maximum atomic E-state index is 13.4. The van der Waals surface area contributed by atoms with Gasteiger partial charge in [0.15, 0.2) is 0 Å². The van der Waals surface area contributed by atoms with Crippen molar-refractivity contribution < 1.29 is 35.9 Å². The summed E-state index contributed by atoms with van der Waals surface area (Å²) in [6.45, 7) is 1.00. The van der Waals surface area contributed by atoms with Crippen LogP contribution in [0.2, 0.25) is 0 Å². The lowest BCUT2D eigenvalue weighted by atomic mass is 9.93. The molecule has 0 aliphatic heterocycles. The Morgan fingerprint density at radius 3 is 2.11 bits per heavy atom. The summed E-state index contributed by atoms with van der Waals surface area (Å²) in [5, 5.41) is 9.19. The fourth-order valence-corrected chi connectivity index (χ4v) is 2.44. The van der Waals surface area contributed by atoms with E-state index in [4.69, 9.17) is 0 Å². The molecule has 28 heavy (non-hydrogen) atoms. The molecule has 0 aliphatic carbocycles. The molecule has 1 heterocycles. The van der Waals surface area contributed by atoms with Gasteiger partial charge < -0.3 is 9.72 Å². The predicted molar refractivity (Wildman–Crippen MR) is 83.2 cm³/mol. The number of hydrogen-bond acceptors (Lipinski definition) is 4. The van der Waals surface area contributed by atoms with Gasteiger partial charge in [0.2, 0.25) is 0 Å². The lowest BCUT2D eigenvalue weighted by Gasteiger charge is -2.17. The van der Waals surface area contributed by atoms with E-state index in [1.54, 1.807) is 0 Å². The van der Waals surface area contributed by atoms with Crippen molar-refractivity contribution in [2.45, 2.75) is 19.3 Å². The van der Waals surface area contributed by atoms with Gasteiger partial charge in [0.1, 0.15) is 17.3 Å².